The van der Waals surface area contributed by atoms with E-state index in [1.807, 2.05) is 41.4 Å². The molecule has 2 aliphatic heterocycles. The largest absolute Gasteiger partial charge is 0.368 e. The van der Waals surface area contributed by atoms with Gasteiger partial charge in [0.05, 0.1) is 28.6 Å². The van der Waals surface area contributed by atoms with Gasteiger partial charge in [0.25, 0.3) is 5.91 Å². The summed E-state index contributed by atoms with van der Waals surface area (Å²) in [5.74, 6) is 0.351. The lowest BCUT2D eigenvalue weighted by Crippen LogP contribution is -2.44. The van der Waals surface area contributed by atoms with Gasteiger partial charge < -0.3 is 14.7 Å². The van der Waals surface area contributed by atoms with Crippen molar-refractivity contribution in [2.75, 3.05) is 51.2 Å². The van der Waals surface area contributed by atoms with Crippen LogP contribution in [0, 0.1) is 0 Å². The lowest BCUT2D eigenvalue weighted by atomic mass is 9.92. The highest BCUT2D eigenvalue weighted by Crippen LogP contribution is 2.32. The Bertz CT molecular complexity index is 1370. The van der Waals surface area contributed by atoms with Gasteiger partial charge in [-0.3, -0.25) is 14.8 Å². The van der Waals surface area contributed by atoms with E-state index in [0.29, 0.717) is 13.1 Å². The van der Waals surface area contributed by atoms with Crippen LogP contribution in [0.25, 0.3) is 21.9 Å². The zero-order valence-electron chi connectivity index (χ0n) is 20.0. The number of amides is 1. The number of carbonyl (C=O) groups is 1. The molecule has 3 aromatic heterocycles. The molecule has 2 fully saturated rings. The zero-order chi connectivity index (χ0) is 23.8. The Morgan fingerprint density at radius 2 is 1.71 bits per heavy atom. The van der Waals surface area contributed by atoms with E-state index >= 15 is 0 Å². The van der Waals surface area contributed by atoms with Crippen LogP contribution in [0.1, 0.15) is 34.8 Å². The molecule has 8 heteroatoms. The summed E-state index contributed by atoms with van der Waals surface area (Å²) in [4.78, 5) is 38.2. The summed E-state index contributed by atoms with van der Waals surface area (Å²) < 4.78 is 0. The number of carbonyl (C=O) groups excluding carboxylic acids is 1. The highest BCUT2D eigenvalue weighted by molar-refractivity contribution is 5.98. The molecule has 2 aliphatic rings. The summed E-state index contributed by atoms with van der Waals surface area (Å²) >= 11 is 0. The first-order valence-electron chi connectivity index (χ1n) is 12.3. The minimum atomic E-state index is 0.0803. The molecule has 1 amide bonds. The molecule has 0 radical (unpaired) electrons. The number of hydrogen-bond acceptors (Lipinski definition) is 7. The van der Waals surface area contributed by atoms with Gasteiger partial charge in [0.15, 0.2) is 0 Å². The Hall–Kier alpha value is -3.65. The van der Waals surface area contributed by atoms with Gasteiger partial charge in [0.1, 0.15) is 11.8 Å². The van der Waals surface area contributed by atoms with Crippen molar-refractivity contribution < 1.29 is 4.79 Å². The number of benzene rings is 1. The van der Waals surface area contributed by atoms with Gasteiger partial charge in [-0.1, -0.05) is 6.07 Å². The number of aromatic nitrogens is 4. The second-order valence-electron chi connectivity index (χ2n) is 9.59. The monoisotopic (exact) mass is 467 g/mol. The Labute approximate surface area is 204 Å². The van der Waals surface area contributed by atoms with Crippen LogP contribution in [0.3, 0.4) is 0 Å². The molecule has 2 saturated heterocycles. The van der Waals surface area contributed by atoms with Crippen molar-refractivity contribution in [3.8, 4) is 0 Å². The number of fused-ring (bicyclic) bond motifs is 2. The molecule has 4 aromatic rings. The van der Waals surface area contributed by atoms with E-state index in [0.717, 1.165) is 77.9 Å². The maximum absolute atomic E-state index is 13.2. The number of nitrogens with zero attached hydrogens (tertiary/aromatic N) is 7. The topological polar surface area (TPSA) is 78.4 Å². The van der Waals surface area contributed by atoms with Crippen molar-refractivity contribution in [3.63, 3.8) is 0 Å². The van der Waals surface area contributed by atoms with E-state index in [1.54, 1.807) is 12.5 Å². The molecule has 178 valence electrons. The second kappa shape index (κ2) is 9.19. The summed E-state index contributed by atoms with van der Waals surface area (Å²) in [5.41, 5.74) is 5.54. The predicted octanol–water partition coefficient (Wildman–Crippen LogP) is 3.34. The van der Waals surface area contributed by atoms with Gasteiger partial charge >= 0.3 is 0 Å². The van der Waals surface area contributed by atoms with Crippen molar-refractivity contribution >= 4 is 33.5 Å². The number of piperazine rings is 1. The maximum atomic E-state index is 13.2. The number of anilines is 1. The average Bonchev–Trinajstić information content (AvgIpc) is 2.92. The fourth-order valence-corrected chi connectivity index (χ4v) is 5.24. The zero-order valence-corrected chi connectivity index (χ0v) is 20.0. The van der Waals surface area contributed by atoms with Crippen molar-refractivity contribution in [2.45, 2.75) is 18.8 Å². The standard InChI is InChI=1S/C27H29N7O/c1-32-11-13-33(14-12-32)22-16-24-26(29-17-22)25(31-18-30-24)19-6-9-34(10-7-19)27(35)21-4-5-23-20(15-21)3-2-8-28-23/h2-5,8,15-19H,6-7,9-14H2,1H3. The summed E-state index contributed by atoms with van der Waals surface area (Å²) in [7, 11) is 2.16. The summed E-state index contributed by atoms with van der Waals surface area (Å²) in [6.07, 6.45) is 7.14. The van der Waals surface area contributed by atoms with Crippen LogP contribution in [0.2, 0.25) is 0 Å². The Morgan fingerprint density at radius 3 is 2.54 bits per heavy atom. The van der Waals surface area contributed by atoms with Crippen molar-refractivity contribution in [1.29, 1.82) is 0 Å². The Balaban J connectivity index is 1.17. The molecule has 8 nitrogen and oxygen atoms in total. The van der Waals surface area contributed by atoms with Crippen molar-refractivity contribution in [3.05, 3.63) is 66.4 Å². The molecule has 0 saturated carbocycles. The number of rotatable bonds is 3. The number of pyridine rings is 2. The van der Waals surface area contributed by atoms with Crippen molar-refractivity contribution in [2.24, 2.45) is 0 Å². The molecule has 0 bridgehead atoms. The highest BCUT2D eigenvalue weighted by atomic mass is 16.2. The van der Waals surface area contributed by atoms with E-state index < -0.39 is 0 Å². The number of likely N-dealkylation sites (tertiary alicyclic amines) is 1. The van der Waals surface area contributed by atoms with Gasteiger partial charge in [0.2, 0.25) is 0 Å². The van der Waals surface area contributed by atoms with Crippen LogP contribution in [-0.4, -0.2) is 82.0 Å². The minimum absolute atomic E-state index is 0.0803. The summed E-state index contributed by atoms with van der Waals surface area (Å²) in [6.45, 7) is 5.53. The fourth-order valence-electron chi connectivity index (χ4n) is 5.24. The first-order chi connectivity index (χ1) is 17.2. The van der Waals surface area contributed by atoms with Crippen molar-refractivity contribution in [1.82, 2.24) is 29.7 Å². The molecular weight excluding hydrogens is 438 g/mol. The Kier molecular flexibility index (Phi) is 5.74. The third kappa shape index (κ3) is 4.30. The van der Waals surface area contributed by atoms with E-state index in [-0.39, 0.29) is 11.8 Å². The molecular formula is C27H29N7O. The van der Waals surface area contributed by atoms with E-state index in [4.69, 9.17) is 4.98 Å². The summed E-state index contributed by atoms with van der Waals surface area (Å²) in [5, 5.41) is 0.989. The third-order valence-corrected chi connectivity index (χ3v) is 7.38. The van der Waals surface area contributed by atoms with Crippen LogP contribution < -0.4 is 4.90 Å². The van der Waals surface area contributed by atoms with E-state index in [1.165, 1.54) is 0 Å². The Morgan fingerprint density at radius 1 is 0.886 bits per heavy atom. The fraction of sp³-hybridized carbons (Fsp3) is 0.370. The molecule has 6 rings (SSSR count). The van der Waals surface area contributed by atoms with Gasteiger partial charge in [-0.25, -0.2) is 9.97 Å². The predicted molar refractivity (Wildman–Crippen MR) is 137 cm³/mol. The average molecular weight is 468 g/mol. The number of piperidine rings is 1. The lowest BCUT2D eigenvalue weighted by molar-refractivity contribution is 0.0712. The third-order valence-electron chi connectivity index (χ3n) is 7.38. The first-order valence-corrected chi connectivity index (χ1v) is 12.3. The van der Waals surface area contributed by atoms with Crippen LogP contribution in [0.4, 0.5) is 5.69 Å². The maximum Gasteiger partial charge on any atom is 0.253 e. The molecule has 5 heterocycles. The molecule has 0 spiro atoms. The van der Waals surface area contributed by atoms with Gasteiger partial charge in [0, 0.05) is 62.3 Å². The second-order valence-corrected chi connectivity index (χ2v) is 9.59. The van der Waals surface area contributed by atoms with Gasteiger partial charge in [-0.15, -0.1) is 0 Å². The molecule has 0 unspecified atom stereocenters. The molecule has 0 atom stereocenters. The number of likely N-dealkylation sites (N-methyl/N-ethyl adjacent to an activating group) is 1. The van der Waals surface area contributed by atoms with Crippen LogP contribution in [0.15, 0.2) is 55.1 Å². The number of hydrogen-bond donors (Lipinski definition) is 0. The van der Waals surface area contributed by atoms with Crippen LogP contribution in [0.5, 0.6) is 0 Å². The van der Waals surface area contributed by atoms with E-state index in [2.05, 4.69) is 37.9 Å². The van der Waals surface area contributed by atoms with Crippen LogP contribution in [-0.2, 0) is 0 Å². The molecule has 0 aliphatic carbocycles. The lowest BCUT2D eigenvalue weighted by Gasteiger charge is -2.34. The van der Waals surface area contributed by atoms with Gasteiger partial charge in [-0.05, 0) is 50.2 Å². The minimum Gasteiger partial charge on any atom is -0.368 e. The highest BCUT2D eigenvalue weighted by Gasteiger charge is 2.27. The smallest absolute Gasteiger partial charge is 0.253 e. The normalized spacial score (nSPS) is 17.9. The molecule has 35 heavy (non-hydrogen) atoms. The van der Waals surface area contributed by atoms with Crippen LogP contribution >= 0.6 is 0 Å². The molecule has 1 aromatic carbocycles. The first kappa shape index (κ1) is 21.9. The van der Waals surface area contributed by atoms with Gasteiger partial charge in [-0.2, -0.15) is 0 Å². The quantitative estimate of drug-likeness (QED) is 0.457. The molecule has 0 N–H and O–H groups in total. The SMILES string of the molecule is CN1CCN(c2cnc3c(C4CCN(C(=O)c5ccc6ncccc6c5)CC4)ncnc3c2)CC1. The van der Waals surface area contributed by atoms with E-state index in [9.17, 15) is 4.79 Å². The summed E-state index contributed by atoms with van der Waals surface area (Å²) in [6, 6.07) is 11.8.